The molecule has 16 heavy (non-hydrogen) atoms. The van der Waals surface area contributed by atoms with Gasteiger partial charge in [-0.15, -0.1) is 12.4 Å². The van der Waals surface area contributed by atoms with Crippen molar-refractivity contribution < 1.29 is 4.74 Å². The minimum absolute atomic E-state index is 0. The van der Waals surface area contributed by atoms with Gasteiger partial charge in [-0.05, 0) is 40.3 Å². The standard InChI is InChI=1S/C12H24N2O.ClH/c1-10-9-15-12(2,13-10)8-11-6-4-5-7-14(11)3;/h10-11,13H,4-9H2,1-3H3;1H. The van der Waals surface area contributed by atoms with Crippen LogP contribution in [0.1, 0.15) is 39.5 Å². The van der Waals surface area contributed by atoms with Crippen molar-refractivity contribution in [2.75, 3.05) is 20.2 Å². The number of hydrogen-bond acceptors (Lipinski definition) is 3. The number of piperidine rings is 1. The van der Waals surface area contributed by atoms with E-state index in [0.717, 1.165) is 13.0 Å². The Morgan fingerprint density at radius 2 is 2.19 bits per heavy atom. The largest absolute Gasteiger partial charge is 0.359 e. The Morgan fingerprint density at radius 1 is 1.44 bits per heavy atom. The van der Waals surface area contributed by atoms with Gasteiger partial charge in [0.05, 0.1) is 6.61 Å². The first kappa shape index (κ1) is 14.2. The number of halogens is 1. The van der Waals surface area contributed by atoms with E-state index >= 15 is 0 Å². The number of nitrogens with one attached hydrogen (secondary N) is 1. The predicted octanol–water partition coefficient (Wildman–Crippen LogP) is 2.01. The van der Waals surface area contributed by atoms with Crippen LogP contribution in [0.3, 0.4) is 0 Å². The van der Waals surface area contributed by atoms with Crippen LogP contribution in [0.25, 0.3) is 0 Å². The fraction of sp³-hybridized carbons (Fsp3) is 1.00. The molecule has 0 aromatic rings. The SMILES string of the molecule is CC1COC(C)(CC2CCCCN2C)N1.Cl. The molecule has 4 heteroatoms. The summed E-state index contributed by atoms with van der Waals surface area (Å²) >= 11 is 0. The highest BCUT2D eigenvalue weighted by molar-refractivity contribution is 5.85. The molecule has 2 fully saturated rings. The molecule has 0 bridgehead atoms. The lowest BCUT2D eigenvalue weighted by Gasteiger charge is -2.37. The second-order valence-electron chi connectivity index (χ2n) is 5.42. The van der Waals surface area contributed by atoms with Crippen molar-refractivity contribution in [1.82, 2.24) is 10.2 Å². The van der Waals surface area contributed by atoms with E-state index in [0.29, 0.717) is 12.1 Å². The van der Waals surface area contributed by atoms with Crippen LogP contribution in [0, 0.1) is 0 Å². The summed E-state index contributed by atoms with van der Waals surface area (Å²) in [6, 6.07) is 1.20. The fourth-order valence-electron chi connectivity index (χ4n) is 2.88. The maximum atomic E-state index is 5.87. The predicted molar refractivity (Wildman–Crippen MR) is 69.1 cm³/mol. The van der Waals surface area contributed by atoms with Crippen LogP contribution in [0.5, 0.6) is 0 Å². The molecular formula is C12H25ClN2O. The molecule has 2 saturated heterocycles. The molecular weight excluding hydrogens is 224 g/mol. The molecule has 2 heterocycles. The Labute approximate surface area is 105 Å². The van der Waals surface area contributed by atoms with Gasteiger partial charge in [0.15, 0.2) is 0 Å². The minimum Gasteiger partial charge on any atom is -0.359 e. The molecule has 3 nitrogen and oxygen atoms in total. The average molecular weight is 249 g/mol. The summed E-state index contributed by atoms with van der Waals surface area (Å²) in [5, 5.41) is 3.55. The number of nitrogens with zero attached hydrogens (tertiary/aromatic N) is 1. The highest BCUT2D eigenvalue weighted by atomic mass is 35.5. The van der Waals surface area contributed by atoms with Gasteiger partial charge in [-0.3, -0.25) is 5.32 Å². The van der Waals surface area contributed by atoms with Gasteiger partial charge in [-0.25, -0.2) is 0 Å². The zero-order valence-corrected chi connectivity index (χ0v) is 11.5. The number of rotatable bonds is 2. The quantitative estimate of drug-likeness (QED) is 0.809. The van der Waals surface area contributed by atoms with E-state index in [1.54, 1.807) is 0 Å². The summed E-state index contributed by atoms with van der Waals surface area (Å²) in [5.74, 6) is 0. The summed E-state index contributed by atoms with van der Waals surface area (Å²) in [7, 11) is 2.24. The van der Waals surface area contributed by atoms with Gasteiger partial charge in [0.25, 0.3) is 0 Å². The lowest BCUT2D eigenvalue weighted by Crippen LogP contribution is -2.48. The smallest absolute Gasteiger partial charge is 0.118 e. The molecule has 0 aliphatic carbocycles. The molecule has 3 unspecified atom stereocenters. The van der Waals surface area contributed by atoms with Gasteiger partial charge in [0, 0.05) is 18.5 Å². The van der Waals surface area contributed by atoms with Crippen LogP contribution in [-0.4, -0.2) is 42.9 Å². The summed E-state index contributed by atoms with van der Waals surface area (Å²) in [6.45, 7) is 6.48. The second kappa shape index (κ2) is 5.67. The van der Waals surface area contributed by atoms with Crippen LogP contribution in [0.4, 0.5) is 0 Å². The Kier molecular flexibility index (Phi) is 5.05. The topological polar surface area (TPSA) is 24.5 Å². The summed E-state index contributed by atoms with van der Waals surface area (Å²) in [6.07, 6.45) is 5.17. The molecule has 2 aliphatic heterocycles. The van der Waals surface area contributed by atoms with E-state index in [1.807, 2.05) is 0 Å². The number of hydrogen-bond donors (Lipinski definition) is 1. The van der Waals surface area contributed by atoms with Crippen molar-refractivity contribution in [2.45, 2.75) is 57.3 Å². The third-order valence-electron chi connectivity index (χ3n) is 3.75. The van der Waals surface area contributed by atoms with Gasteiger partial charge in [-0.2, -0.15) is 0 Å². The Hall–Kier alpha value is 0.170. The molecule has 96 valence electrons. The lowest BCUT2D eigenvalue weighted by atomic mass is 9.95. The van der Waals surface area contributed by atoms with Crippen molar-refractivity contribution in [1.29, 1.82) is 0 Å². The monoisotopic (exact) mass is 248 g/mol. The van der Waals surface area contributed by atoms with Gasteiger partial charge < -0.3 is 9.64 Å². The van der Waals surface area contributed by atoms with Crippen molar-refractivity contribution in [3.05, 3.63) is 0 Å². The molecule has 0 spiro atoms. The van der Waals surface area contributed by atoms with Crippen LogP contribution in [-0.2, 0) is 4.74 Å². The van der Waals surface area contributed by atoms with Gasteiger partial charge >= 0.3 is 0 Å². The molecule has 0 aromatic heterocycles. The third kappa shape index (κ3) is 3.33. The molecule has 1 N–H and O–H groups in total. The minimum atomic E-state index is -0.0876. The number of likely N-dealkylation sites (tertiary alicyclic amines) is 1. The van der Waals surface area contributed by atoms with Crippen molar-refractivity contribution in [3.63, 3.8) is 0 Å². The first-order valence-corrected chi connectivity index (χ1v) is 6.21. The van der Waals surface area contributed by atoms with E-state index in [4.69, 9.17) is 4.74 Å². The summed E-state index contributed by atoms with van der Waals surface area (Å²) in [4.78, 5) is 2.49. The summed E-state index contributed by atoms with van der Waals surface area (Å²) in [5.41, 5.74) is -0.0876. The number of ether oxygens (including phenoxy) is 1. The molecule has 0 aromatic carbocycles. The van der Waals surface area contributed by atoms with Gasteiger partial charge in [0.1, 0.15) is 5.72 Å². The van der Waals surface area contributed by atoms with Gasteiger partial charge in [0.2, 0.25) is 0 Å². The molecule has 0 saturated carbocycles. The fourth-order valence-corrected chi connectivity index (χ4v) is 2.88. The molecule has 0 radical (unpaired) electrons. The maximum Gasteiger partial charge on any atom is 0.118 e. The zero-order valence-electron chi connectivity index (χ0n) is 10.7. The summed E-state index contributed by atoms with van der Waals surface area (Å²) < 4.78 is 5.87. The molecule has 2 aliphatic rings. The van der Waals surface area contributed by atoms with E-state index in [-0.39, 0.29) is 18.1 Å². The zero-order chi connectivity index (χ0) is 10.9. The second-order valence-corrected chi connectivity index (χ2v) is 5.42. The molecule has 0 amide bonds. The molecule has 3 atom stereocenters. The Balaban J connectivity index is 0.00000128. The molecule has 2 rings (SSSR count). The van der Waals surface area contributed by atoms with Crippen molar-refractivity contribution >= 4 is 12.4 Å². The Bertz CT molecular complexity index is 227. The lowest BCUT2D eigenvalue weighted by molar-refractivity contribution is -0.0251. The van der Waals surface area contributed by atoms with Gasteiger partial charge in [-0.1, -0.05) is 6.42 Å². The van der Waals surface area contributed by atoms with Crippen molar-refractivity contribution in [3.8, 4) is 0 Å². The normalized spacial score (nSPS) is 40.7. The van der Waals surface area contributed by atoms with E-state index in [2.05, 4.69) is 31.1 Å². The van der Waals surface area contributed by atoms with E-state index in [1.165, 1.54) is 25.8 Å². The van der Waals surface area contributed by atoms with Crippen LogP contribution >= 0.6 is 12.4 Å². The first-order valence-electron chi connectivity index (χ1n) is 6.21. The first-order chi connectivity index (χ1) is 7.09. The highest BCUT2D eigenvalue weighted by Gasteiger charge is 2.36. The van der Waals surface area contributed by atoms with Crippen LogP contribution in [0.15, 0.2) is 0 Å². The van der Waals surface area contributed by atoms with Crippen molar-refractivity contribution in [2.24, 2.45) is 0 Å². The third-order valence-corrected chi connectivity index (χ3v) is 3.75. The Morgan fingerprint density at radius 3 is 2.75 bits per heavy atom. The average Bonchev–Trinajstić information content (AvgIpc) is 2.51. The van der Waals surface area contributed by atoms with Crippen LogP contribution in [0.2, 0.25) is 0 Å². The highest BCUT2D eigenvalue weighted by Crippen LogP contribution is 2.27. The van der Waals surface area contributed by atoms with E-state index in [9.17, 15) is 0 Å². The van der Waals surface area contributed by atoms with Crippen LogP contribution < -0.4 is 5.32 Å². The van der Waals surface area contributed by atoms with E-state index < -0.39 is 0 Å². The maximum absolute atomic E-state index is 5.87.